The predicted octanol–water partition coefficient (Wildman–Crippen LogP) is 1.94. The molecule has 0 bridgehead atoms. The van der Waals surface area contributed by atoms with Crippen LogP contribution in [0.1, 0.15) is 0 Å². The summed E-state index contributed by atoms with van der Waals surface area (Å²) in [6.45, 7) is 4.30. The van der Waals surface area contributed by atoms with Gasteiger partial charge in [-0.2, -0.15) is 12.6 Å². The molecular weight excluding hydrogens is 228 g/mol. The largest absolute Gasteiger partial charge is 0.294 e. The standard InChI is InChI=1S/C10H10N2OS2/c1-7(5-14)4-12-6-11-9-8(10(12)13)2-3-15-9/h2-3,6,14H,1,4-5H2. The fraction of sp³-hybridized carbons (Fsp3) is 0.200. The highest BCUT2D eigenvalue weighted by Gasteiger charge is 2.04. The third-order valence-corrected chi connectivity index (χ3v) is 3.34. The zero-order chi connectivity index (χ0) is 10.8. The number of nitrogens with zero attached hydrogens (tertiary/aromatic N) is 2. The molecule has 2 heterocycles. The van der Waals surface area contributed by atoms with E-state index in [2.05, 4.69) is 24.2 Å². The molecule has 0 fully saturated rings. The average molecular weight is 238 g/mol. The Bertz CT molecular complexity index is 556. The van der Waals surface area contributed by atoms with Crippen molar-refractivity contribution in [3.63, 3.8) is 0 Å². The molecule has 2 aromatic heterocycles. The van der Waals surface area contributed by atoms with Gasteiger partial charge in [-0.1, -0.05) is 6.58 Å². The summed E-state index contributed by atoms with van der Waals surface area (Å²) in [7, 11) is 0. The van der Waals surface area contributed by atoms with E-state index < -0.39 is 0 Å². The summed E-state index contributed by atoms with van der Waals surface area (Å²) in [6.07, 6.45) is 1.57. The summed E-state index contributed by atoms with van der Waals surface area (Å²) >= 11 is 5.58. The van der Waals surface area contributed by atoms with Crippen LogP contribution in [0.2, 0.25) is 0 Å². The SMILES string of the molecule is C=C(CS)Cn1cnc2sccc2c1=O. The van der Waals surface area contributed by atoms with Crippen LogP contribution in [0.3, 0.4) is 0 Å². The molecule has 3 nitrogen and oxygen atoms in total. The van der Waals surface area contributed by atoms with Crippen LogP contribution in [0.15, 0.2) is 34.7 Å². The van der Waals surface area contributed by atoms with Crippen molar-refractivity contribution in [1.29, 1.82) is 0 Å². The van der Waals surface area contributed by atoms with Crippen molar-refractivity contribution >= 4 is 34.2 Å². The smallest absolute Gasteiger partial charge is 0.262 e. The van der Waals surface area contributed by atoms with E-state index in [1.54, 1.807) is 17.0 Å². The Morgan fingerprint density at radius 2 is 2.47 bits per heavy atom. The van der Waals surface area contributed by atoms with E-state index in [1.807, 2.05) is 5.38 Å². The first-order valence-electron chi connectivity index (χ1n) is 4.42. The molecule has 78 valence electrons. The number of hydrogen-bond donors (Lipinski definition) is 1. The van der Waals surface area contributed by atoms with Crippen LogP contribution in [0.5, 0.6) is 0 Å². The van der Waals surface area contributed by atoms with Gasteiger partial charge in [-0.3, -0.25) is 9.36 Å². The van der Waals surface area contributed by atoms with Crippen LogP contribution in [0.25, 0.3) is 10.2 Å². The Kier molecular flexibility index (Phi) is 2.93. The zero-order valence-electron chi connectivity index (χ0n) is 8.01. The first kappa shape index (κ1) is 10.4. The van der Waals surface area contributed by atoms with Gasteiger partial charge in [0.05, 0.1) is 11.7 Å². The molecule has 2 rings (SSSR count). The highest BCUT2D eigenvalue weighted by molar-refractivity contribution is 7.80. The van der Waals surface area contributed by atoms with Gasteiger partial charge in [0.2, 0.25) is 0 Å². The molecule has 0 radical (unpaired) electrons. The molecule has 0 saturated heterocycles. The molecule has 0 aliphatic carbocycles. The molecule has 5 heteroatoms. The normalized spacial score (nSPS) is 10.7. The fourth-order valence-electron chi connectivity index (χ4n) is 1.30. The van der Waals surface area contributed by atoms with E-state index in [0.717, 1.165) is 10.4 Å². The van der Waals surface area contributed by atoms with Crippen molar-refractivity contribution in [1.82, 2.24) is 9.55 Å². The minimum Gasteiger partial charge on any atom is -0.294 e. The van der Waals surface area contributed by atoms with Gasteiger partial charge in [-0.15, -0.1) is 11.3 Å². The number of aromatic nitrogens is 2. The molecule has 2 aromatic rings. The van der Waals surface area contributed by atoms with E-state index in [-0.39, 0.29) is 5.56 Å². The van der Waals surface area contributed by atoms with Crippen LogP contribution in [-0.4, -0.2) is 15.3 Å². The average Bonchev–Trinajstić information content (AvgIpc) is 2.70. The van der Waals surface area contributed by atoms with E-state index >= 15 is 0 Å². The number of thiophene rings is 1. The second kappa shape index (κ2) is 4.20. The number of rotatable bonds is 3. The quantitative estimate of drug-likeness (QED) is 0.655. The zero-order valence-corrected chi connectivity index (χ0v) is 9.72. The molecule has 0 aromatic carbocycles. The highest BCUT2D eigenvalue weighted by Crippen LogP contribution is 2.13. The maximum Gasteiger partial charge on any atom is 0.262 e. The molecule has 0 aliphatic heterocycles. The third kappa shape index (κ3) is 1.98. The summed E-state index contributed by atoms with van der Waals surface area (Å²) in [5.74, 6) is 0.577. The fourth-order valence-corrected chi connectivity index (χ4v) is 2.12. The number of hydrogen-bond acceptors (Lipinski definition) is 4. The summed E-state index contributed by atoms with van der Waals surface area (Å²) in [5, 5.41) is 2.55. The molecule has 0 saturated carbocycles. The number of fused-ring (bicyclic) bond motifs is 1. The van der Waals surface area contributed by atoms with Gasteiger partial charge in [0.15, 0.2) is 0 Å². The minimum absolute atomic E-state index is 0.0100. The van der Waals surface area contributed by atoms with Gasteiger partial charge in [0.25, 0.3) is 5.56 Å². The van der Waals surface area contributed by atoms with Crippen molar-refractivity contribution in [3.8, 4) is 0 Å². The van der Waals surface area contributed by atoms with Gasteiger partial charge in [0, 0.05) is 12.3 Å². The van der Waals surface area contributed by atoms with E-state index in [0.29, 0.717) is 17.7 Å². The van der Waals surface area contributed by atoms with Gasteiger partial charge in [0.1, 0.15) is 4.83 Å². The Balaban J connectivity index is 2.48. The lowest BCUT2D eigenvalue weighted by atomic mass is 10.3. The molecule has 0 atom stereocenters. The first-order valence-corrected chi connectivity index (χ1v) is 5.93. The molecule has 0 aliphatic rings. The number of thiol groups is 1. The second-order valence-corrected chi connectivity index (χ2v) is 4.44. The van der Waals surface area contributed by atoms with Crippen molar-refractivity contribution in [2.75, 3.05) is 5.75 Å². The molecule has 0 spiro atoms. The maximum absolute atomic E-state index is 11.9. The minimum atomic E-state index is -0.0100. The van der Waals surface area contributed by atoms with Crippen LogP contribution < -0.4 is 5.56 Å². The molecular formula is C10H10N2OS2. The third-order valence-electron chi connectivity index (χ3n) is 2.07. The highest BCUT2D eigenvalue weighted by atomic mass is 32.1. The van der Waals surface area contributed by atoms with Gasteiger partial charge < -0.3 is 0 Å². The Morgan fingerprint density at radius 3 is 3.20 bits per heavy atom. The van der Waals surface area contributed by atoms with E-state index in [4.69, 9.17) is 0 Å². The summed E-state index contributed by atoms with van der Waals surface area (Å²) < 4.78 is 1.56. The molecule has 0 unspecified atom stereocenters. The topological polar surface area (TPSA) is 34.9 Å². The van der Waals surface area contributed by atoms with E-state index in [9.17, 15) is 4.79 Å². The second-order valence-electron chi connectivity index (χ2n) is 3.23. The molecule has 15 heavy (non-hydrogen) atoms. The molecule has 0 amide bonds. The summed E-state index contributed by atoms with van der Waals surface area (Å²) in [5.41, 5.74) is 0.890. The molecule has 0 N–H and O–H groups in total. The lowest BCUT2D eigenvalue weighted by Gasteiger charge is -2.05. The monoisotopic (exact) mass is 238 g/mol. The Hall–Kier alpha value is -1.07. The van der Waals surface area contributed by atoms with Gasteiger partial charge in [-0.05, 0) is 17.0 Å². The predicted molar refractivity (Wildman–Crippen MR) is 66.9 cm³/mol. The van der Waals surface area contributed by atoms with E-state index in [1.165, 1.54) is 11.3 Å². The summed E-state index contributed by atoms with van der Waals surface area (Å²) in [4.78, 5) is 16.9. The summed E-state index contributed by atoms with van der Waals surface area (Å²) in [6, 6.07) is 1.80. The lowest BCUT2D eigenvalue weighted by Crippen LogP contribution is -2.20. The van der Waals surface area contributed by atoms with Crippen LogP contribution >= 0.6 is 24.0 Å². The van der Waals surface area contributed by atoms with Crippen molar-refractivity contribution in [2.24, 2.45) is 0 Å². The van der Waals surface area contributed by atoms with Gasteiger partial charge >= 0.3 is 0 Å². The van der Waals surface area contributed by atoms with Crippen LogP contribution in [0.4, 0.5) is 0 Å². The maximum atomic E-state index is 11.9. The van der Waals surface area contributed by atoms with Crippen LogP contribution in [-0.2, 0) is 6.54 Å². The lowest BCUT2D eigenvalue weighted by molar-refractivity contribution is 0.741. The van der Waals surface area contributed by atoms with Crippen molar-refractivity contribution in [2.45, 2.75) is 6.54 Å². The van der Waals surface area contributed by atoms with Crippen LogP contribution in [0, 0.1) is 0 Å². The first-order chi connectivity index (χ1) is 7.22. The Morgan fingerprint density at radius 1 is 1.67 bits per heavy atom. The Labute approximate surface area is 96.5 Å². The van der Waals surface area contributed by atoms with Crippen molar-refractivity contribution in [3.05, 3.63) is 40.3 Å². The van der Waals surface area contributed by atoms with Gasteiger partial charge in [-0.25, -0.2) is 4.98 Å². The van der Waals surface area contributed by atoms with Crippen molar-refractivity contribution < 1.29 is 0 Å².